The molecule has 2 aromatic rings. The zero-order valence-corrected chi connectivity index (χ0v) is 25.3. The molecule has 1 fully saturated rings. The van der Waals surface area contributed by atoms with E-state index in [1.54, 1.807) is 27.9 Å². The lowest BCUT2D eigenvalue weighted by atomic mass is 9.80. The minimum Gasteiger partial charge on any atom is -0.495 e. The van der Waals surface area contributed by atoms with Crippen molar-refractivity contribution in [1.29, 1.82) is 0 Å². The summed E-state index contributed by atoms with van der Waals surface area (Å²) < 4.78 is 60.6. The Balaban J connectivity index is 1.45. The minimum atomic E-state index is -4.98. The first-order valence-electron chi connectivity index (χ1n) is 14.5. The number of ether oxygens (including phenoxy) is 4. The average molecular weight is 618 g/mol. The molecule has 0 spiro atoms. The van der Waals surface area contributed by atoms with Crippen LogP contribution in [-0.4, -0.2) is 76.2 Å². The van der Waals surface area contributed by atoms with Crippen LogP contribution < -0.4 is 19.7 Å². The number of anilines is 1. The van der Waals surface area contributed by atoms with E-state index in [0.29, 0.717) is 24.4 Å². The quantitative estimate of drug-likeness (QED) is 0.272. The van der Waals surface area contributed by atoms with Crippen molar-refractivity contribution in [3.8, 4) is 11.5 Å². The Kier molecular flexibility index (Phi) is 10.8. The number of halogens is 3. The lowest BCUT2D eigenvalue weighted by Gasteiger charge is -2.36. The van der Waals surface area contributed by atoms with Crippen LogP contribution in [-0.2, 0) is 19.1 Å². The second-order valence-electron chi connectivity index (χ2n) is 10.4. The highest BCUT2D eigenvalue weighted by Gasteiger charge is 2.41. The number of esters is 2. The highest BCUT2D eigenvalue weighted by atomic mass is 19.4. The Morgan fingerprint density at radius 3 is 2.09 bits per heavy atom. The first kappa shape index (κ1) is 32.7. The second kappa shape index (κ2) is 14.5. The van der Waals surface area contributed by atoms with E-state index in [2.05, 4.69) is 19.9 Å². The molecule has 2 heterocycles. The van der Waals surface area contributed by atoms with Crippen molar-refractivity contribution in [3.63, 3.8) is 0 Å². The number of allylic oxidation sites excluding steroid dienone is 2. The lowest BCUT2D eigenvalue weighted by molar-refractivity contribution is -0.274. The molecule has 0 aromatic heterocycles. The van der Waals surface area contributed by atoms with Crippen LogP contribution in [0.15, 0.2) is 71.1 Å². The van der Waals surface area contributed by atoms with Gasteiger partial charge in [-0.3, -0.25) is 4.90 Å². The molecule has 238 valence electrons. The highest BCUT2D eigenvalue weighted by molar-refractivity contribution is 6.00. The normalized spacial score (nSPS) is 17.7. The number of dihydropyridines is 1. The molecule has 0 saturated carbocycles. The maximum Gasteiger partial charge on any atom is 0.573 e. The lowest BCUT2D eigenvalue weighted by Crippen LogP contribution is -2.46. The predicted molar refractivity (Wildman–Crippen MR) is 158 cm³/mol. The van der Waals surface area contributed by atoms with Gasteiger partial charge < -0.3 is 29.2 Å². The molecule has 0 radical (unpaired) electrons. The number of carbonyl (C=O) groups excluding carboxylic acids is 2. The second-order valence-corrected chi connectivity index (χ2v) is 10.4. The summed E-state index contributed by atoms with van der Waals surface area (Å²) in [5.74, 6) is -2.39. The number of nitrogens with one attached hydrogen (secondary N) is 1. The molecule has 1 N–H and O–H groups in total. The fraction of sp³-hybridized carbons (Fsp3) is 0.438. The Morgan fingerprint density at radius 2 is 1.48 bits per heavy atom. The summed E-state index contributed by atoms with van der Waals surface area (Å²) in [6.07, 6.45) is -4.43. The molecule has 9 nitrogen and oxygen atoms in total. The van der Waals surface area contributed by atoms with E-state index in [4.69, 9.17) is 14.2 Å². The molecule has 0 amide bonds. The number of para-hydroxylation sites is 3. The maximum atomic E-state index is 13.5. The van der Waals surface area contributed by atoms with Crippen LogP contribution in [0, 0.1) is 0 Å². The summed E-state index contributed by atoms with van der Waals surface area (Å²) in [5, 5.41) is 3.01. The third-order valence-corrected chi connectivity index (χ3v) is 7.58. The first-order valence-corrected chi connectivity index (χ1v) is 14.5. The maximum absolute atomic E-state index is 13.5. The van der Waals surface area contributed by atoms with E-state index in [1.807, 2.05) is 24.3 Å². The number of benzene rings is 2. The molecular formula is C32H38F3N3O6. The number of alkyl halides is 3. The number of piperazine rings is 1. The van der Waals surface area contributed by atoms with Crippen LogP contribution in [0.3, 0.4) is 0 Å². The Hall–Kier alpha value is -4.19. The van der Waals surface area contributed by atoms with Gasteiger partial charge in [0.2, 0.25) is 0 Å². The standard InChI is InChI=1S/C32H38F3N3O6/c1-5-42-30(39)27-21(2)36-22(3)28(29(27)23-11-6-8-13-25(23)44-32(33,34)35)31(40)43-20-10-15-37-16-18-38(19-17-37)24-12-7-9-14-26(24)41-4/h6-9,11-14,29,36H,5,10,15-20H2,1-4H3. The van der Waals surface area contributed by atoms with Crippen molar-refractivity contribution in [3.05, 3.63) is 76.6 Å². The van der Waals surface area contributed by atoms with E-state index >= 15 is 0 Å². The Morgan fingerprint density at radius 1 is 0.886 bits per heavy atom. The Bertz CT molecular complexity index is 1400. The Labute approximate surface area is 255 Å². The van der Waals surface area contributed by atoms with Gasteiger partial charge in [-0.05, 0) is 45.4 Å². The third-order valence-electron chi connectivity index (χ3n) is 7.58. The van der Waals surface area contributed by atoms with Gasteiger partial charge >= 0.3 is 18.3 Å². The van der Waals surface area contributed by atoms with Gasteiger partial charge in [0.25, 0.3) is 0 Å². The molecule has 1 saturated heterocycles. The molecule has 2 aliphatic rings. The van der Waals surface area contributed by atoms with E-state index in [1.165, 1.54) is 18.2 Å². The monoisotopic (exact) mass is 617 g/mol. The molecule has 1 unspecified atom stereocenters. The highest BCUT2D eigenvalue weighted by Crippen LogP contribution is 2.43. The minimum absolute atomic E-state index is 0.00653. The van der Waals surface area contributed by atoms with Crippen molar-refractivity contribution in [2.75, 3.05) is 57.9 Å². The van der Waals surface area contributed by atoms with Gasteiger partial charge in [0.05, 0.1) is 43.1 Å². The summed E-state index contributed by atoms with van der Waals surface area (Å²) in [6.45, 7) is 8.95. The van der Waals surface area contributed by atoms with Gasteiger partial charge in [-0.2, -0.15) is 0 Å². The zero-order chi connectivity index (χ0) is 31.9. The van der Waals surface area contributed by atoms with Gasteiger partial charge in [0, 0.05) is 49.7 Å². The van der Waals surface area contributed by atoms with Gasteiger partial charge in [0.15, 0.2) is 0 Å². The van der Waals surface area contributed by atoms with Gasteiger partial charge in [-0.1, -0.05) is 30.3 Å². The largest absolute Gasteiger partial charge is 0.573 e. The molecule has 2 aromatic carbocycles. The number of hydrogen-bond acceptors (Lipinski definition) is 9. The smallest absolute Gasteiger partial charge is 0.495 e. The van der Waals surface area contributed by atoms with Crippen molar-refractivity contribution >= 4 is 17.6 Å². The third kappa shape index (κ3) is 7.85. The molecule has 12 heteroatoms. The molecule has 0 aliphatic carbocycles. The number of methoxy groups -OCH3 is 1. The average Bonchev–Trinajstić information content (AvgIpc) is 2.98. The number of hydrogen-bond donors (Lipinski definition) is 1. The molecular weight excluding hydrogens is 579 g/mol. The van der Waals surface area contributed by atoms with Crippen LogP contribution >= 0.6 is 0 Å². The molecule has 1 atom stereocenters. The fourth-order valence-electron chi connectivity index (χ4n) is 5.63. The summed E-state index contributed by atoms with van der Waals surface area (Å²) >= 11 is 0. The first-order chi connectivity index (χ1) is 21.0. The number of rotatable bonds is 11. The van der Waals surface area contributed by atoms with Crippen LogP contribution in [0.1, 0.15) is 38.7 Å². The molecule has 44 heavy (non-hydrogen) atoms. The number of nitrogens with zero attached hydrogens (tertiary/aromatic N) is 2. The van der Waals surface area contributed by atoms with Crippen molar-refractivity contribution in [2.45, 2.75) is 39.5 Å². The van der Waals surface area contributed by atoms with E-state index in [9.17, 15) is 22.8 Å². The summed E-state index contributed by atoms with van der Waals surface area (Å²) in [6, 6.07) is 13.3. The van der Waals surface area contributed by atoms with E-state index in [0.717, 1.165) is 43.7 Å². The number of carbonyl (C=O) groups is 2. The molecule has 4 rings (SSSR count). The van der Waals surface area contributed by atoms with Crippen LogP contribution in [0.5, 0.6) is 11.5 Å². The van der Waals surface area contributed by atoms with Gasteiger partial charge in [-0.25, -0.2) is 9.59 Å². The van der Waals surface area contributed by atoms with Crippen molar-refractivity contribution in [2.24, 2.45) is 0 Å². The van der Waals surface area contributed by atoms with Crippen LogP contribution in [0.2, 0.25) is 0 Å². The predicted octanol–water partition coefficient (Wildman–Crippen LogP) is 5.15. The summed E-state index contributed by atoms with van der Waals surface area (Å²) in [7, 11) is 1.66. The van der Waals surface area contributed by atoms with Gasteiger partial charge in [0.1, 0.15) is 11.5 Å². The van der Waals surface area contributed by atoms with Gasteiger partial charge in [-0.15, -0.1) is 13.2 Å². The summed E-state index contributed by atoms with van der Waals surface area (Å²) in [4.78, 5) is 31.2. The fourth-order valence-corrected chi connectivity index (χ4v) is 5.63. The molecule has 2 aliphatic heterocycles. The van der Waals surface area contributed by atoms with E-state index in [-0.39, 0.29) is 29.9 Å². The topological polar surface area (TPSA) is 89.6 Å². The van der Waals surface area contributed by atoms with Crippen LogP contribution in [0.4, 0.5) is 18.9 Å². The summed E-state index contributed by atoms with van der Waals surface area (Å²) in [5.41, 5.74) is 1.79. The van der Waals surface area contributed by atoms with Crippen molar-refractivity contribution in [1.82, 2.24) is 10.2 Å². The van der Waals surface area contributed by atoms with Crippen molar-refractivity contribution < 1.29 is 41.7 Å². The SMILES string of the molecule is CCOC(=O)C1=C(C)NC(C)=C(C(=O)OCCCN2CCN(c3ccccc3OC)CC2)C1c1ccccc1OC(F)(F)F. The van der Waals surface area contributed by atoms with E-state index < -0.39 is 30.0 Å². The molecule has 0 bridgehead atoms. The zero-order valence-electron chi connectivity index (χ0n) is 25.3. The van der Waals surface area contributed by atoms with Crippen LogP contribution in [0.25, 0.3) is 0 Å².